The van der Waals surface area contributed by atoms with Crippen molar-refractivity contribution >= 4 is 38.7 Å². The quantitative estimate of drug-likeness (QED) is 0.630. The van der Waals surface area contributed by atoms with Crippen molar-refractivity contribution in [3.63, 3.8) is 0 Å². The number of methoxy groups -OCH3 is 1. The maximum absolute atomic E-state index is 12.6. The number of hydrogen-bond acceptors (Lipinski definition) is 3. The summed E-state index contributed by atoms with van der Waals surface area (Å²) in [5.74, 6) is -0.575. The van der Waals surface area contributed by atoms with Crippen molar-refractivity contribution in [2.75, 3.05) is 7.11 Å². The summed E-state index contributed by atoms with van der Waals surface area (Å²) in [7, 11) is 1.36. The highest BCUT2D eigenvalue weighted by atomic mass is 79.9. The minimum Gasteiger partial charge on any atom is -0.467 e. The smallest absolute Gasteiger partial charge is 0.328 e. The lowest BCUT2D eigenvalue weighted by Gasteiger charge is -2.40. The van der Waals surface area contributed by atoms with E-state index in [0.717, 1.165) is 32.2 Å². The zero-order valence-corrected chi connectivity index (χ0v) is 16.6. The molecule has 0 saturated heterocycles. The number of para-hydroxylation sites is 1. The van der Waals surface area contributed by atoms with Gasteiger partial charge in [-0.2, -0.15) is 0 Å². The molecule has 138 valence electrons. The molecule has 2 atom stereocenters. The van der Waals surface area contributed by atoms with Gasteiger partial charge in [-0.3, -0.25) is 4.79 Å². The minimum absolute atomic E-state index is 0.171. The maximum Gasteiger partial charge on any atom is 0.328 e. The second kappa shape index (κ2) is 6.85. The largest absolute Gasteiger partial charge is 0.467 e. The lowest BCUT2D eigenvalue weighted by molar-refractivity contribution is -0.154. The molecule has 2 heterocycles. The van der Waals surface area contributed by atoms with Crippen LogP contribution in [0.25, 0.3) is 10.9 Å². The number of carbonyl (C=O) groups is 2. The van der Waals surface area contributed by atoms with Gasteiger partial charge in [-0.05, 0) is 23.3 Å². The molecule has 0 radical (unpaired) electrons. The fourth-order valence-corrected chi connectivity index (χ4v) is 4.52. The standard InChI is InChI=1S/C21H19BrN2O3/c1-12(25)24-18(21(26)27-2)11-15-13-7-4-6-10-17(13)23-19(15)20(24)14-8-3-5-9-16(14)22/h3-10,18,20,23H,11H2,1-2H3. The average Bonchev–Trinajstić information content (AvgIpc) is 3.05. The number of fused-ring (bicyclic) bond motifs is 3. The van der Waals surface area contributed by atoms with Crippen LogP contribution in [-0.4, -0.2) is 34.9 Å². The van der Waals surface area contributed by atoms with Crippen LogP contribution in [0.15, 0.2) is 53.0 Å². The number of H-pyrrole nitrogens is 1. The maximum atomic E-state index is 12.6. The van der Waals surface area contributed by atoms with E-state index in [1.54, 1.807) is 4.90 Å². The van der Waals surface area contributed by atoms with E-state index in [1.807, 2.05) is 48.5 Å². The van der Waals surface area contributed by atoms with Gasteiger partial charge in [0.15, 0.2) is 0 Å². The Hall–Kier alpha value is -2.60. The molecule has 4 rings (SSSR count). The molecular weight excluding hydrogens is 408 g/mol. The van der Waals surface area contributed by atoms with Crippen LogP contribution in [0.5, 0.6) is 0 Å². The zero-order valence-electron chi connectivity index (χ0n) is 15.0. The Bertz CT molecular complexity index is 1040. The molecule has 3 aromatic rings. The number of esters is 1. The number of hydrogen-bond donors (Lipinski definition) is 1. The van der Waals surface area contributed by atoms with Gasteiger partial charge in [0.2, 0.25) is 5.91 Å². The number of halogens is 1. The Morgan fingerprint density at radius 3 is 2.56 bits per heavy atom. The van der Waals surface area contributed by atoms with Crippen LogP contribution in [0.1, 0.15) is 29.8 Å². The molecule has 0 spiro atoms. The van der Waals surface area contributed by atoms with Gasteiger partial charge in [0.05, 0.1) is 13.2 Å². The summed E-state index contributed by atoms with van der Waals surface area (Å²) in [4.78, 5) is 30.3. The molecule has 0 fully saturated rings. The van der Waals surface area contributed by atoms with Gasteiger partial charge in [-0.1, -0.05) is 52.3 Å². The predicted molar refractivity (Wildman–Crippen MR) is 106 cm³/mol. The van der Waals surface area contributed by atoms with Gasteiger partial charge >= 0.3 is 5.97 Å². The average molecular weight is 427 g/mol. The van der Waals surface area contributed by atoms with Crippen LogP contribution in [0, 0.1) is 0 Å². The summed E-state index contributed by atoms with van der Waals surface area (Å²) in [6, 6.07) is 14.7. The number of ether oxygens (including phenoxy) is 1. The summed E-state index contributed by atoms with van der Waals surface area (Å²) >= 11 is 3.61. The van der Waals surface area contributed by atoms with Gasteiger partial charge in [0, 0.05) is 34.4 Å². The lowest BCUT2D eigenvalue weighted by Crippen LogP contribution is -2.51. The van der Waals surface area contributed by atoms with Crippen molar-refractivity contribution in [3.05, 3.63) is 69.8 Å². The molecule has 0 bridgehead atoms. The number of nitrogens with one attached hydrogen (secondary N) is 1. The fourth-order valence-electron chi connectivity index (χ4n) is 4.02. The molecule has 0 saturated carbocycles. The van der Waals surface area contributed by atoms with E-state index in [-0.39, 0.29) is 5.91 Å². The Morgan fingerprint density at radius 2 is 1.85 bits per heavy atom. The van der Waals surface area contributed by atoms with Crippen LogP contribution < -0.4 is 0 Å². The number of nitrogens with zero attached hydrogens (tertiary/aromatic N) is 1. The summed E-state index contributed by atoms with van der Waals surface area (Å²) in [6.07, 6.45) is 0.423. The minimum atomic E-state index is -0.670. The van der Waals surface area contributed by atoms with Crippen molar-refractivity contribution in [1.82, 2.24) is 9.88 Å². The monoisotopic (exact) mass is 426 g/mol. The molecule has 2 unspecified atom stereocenters. The van der Waals surface area contributed by atoms with E-state index in [9.17, 15) is 9.59 Å². The Labute approximate surface area is 165 Å². The first kappa shape index (κ1) is 17.8. The van der Waals surface area contributed by atoms with Crippen molar-refractivity contribution in [1.29, 1.82) is 0 Å². The Kier molecular flexibility index (Phi) is 4.52. The third-order valence-corrected chi connectivity index (χ3v) is 5.89. The van der Waals surface area contributed by atoms with Gasteiger partial charge in [-0.25, -0.2) is 4.79 Å². The molecular formula is C21H19BrN2O3. The topological polar surface area (TPSA) is 62.4 Å². The normalized spacial score (nSPS) is 19.0. The van der Waals surface area contributed by atoms with Crippen LogP contribution in [-0.2, 0) is 20.7 Å². The Morgan fingerprint density at radius 1 is 1.15 bits per heavy atom. The first-order chi connectivity index (χ1) is 13.0. The third kappa shape index (κ3) is 2.84. The number of benzene rings is 2. The highest BCUT2D eigenvalue weighted by Crippen LogP contribution is 2.43. The number of rotatable bonds is 2. The van der Waals surface area contributed by atoms with Crippen LogP contribution >= 0.6 is 15.9 Å². The second-order valence-corrected chi connectivity index (χ2v) is 7.51. The van der Waals surface area contributed by atoms with E-state index < -0.39 is 18.1 Å². The number of amides is 1. The molecule has 1 aromatic heterocycles. The molecule has 1 aliphatic heterocycles. The fraction of sp³-hybridized carbons (Fsp3) is 0.238. The highest BCUT2D eigenvalue weighted by molar-refractivity contribution is 9.10. The van der Waals surface area contributed by atoms with Crippen molar-refractivity contribution < 1.29 is 14.3 Å². The van der Waals surface area contributed by atoms with Crippen LogP contribution in [0.3, 0.4) is 0 Å². The van der Waals surface area contributed by atoms with Crippen LogP contribution in [0.4, 0.5) is 0 Å². The Balaban J connectivity index is 2.01. The molecule has 6 heteroatoms. The van der Waals surface area contributed by atoms with Gasteiger partial charge < -0.3 is 14.6 Å². The summed E-state index contributed by atoms with van der Waals surface area (Å²) in [5, 5.41) is 1.07. The highest BCUT2D eigenvalue weighted by Gasteiger charge is 2.43. The van der Waals surface area contributed by atoms with Crippen LogP contribution in [0.2, 0.25) is 0 Å². The van der Waals surface area contributed by atoms with Gasteiger partial charge in [0.25, 0.3) is 0 Å². The molecule has 5 nitrogen and oxygen atoms in total. The summed E-state index contributed by atoms with van der Waals surface area (Å²) in [6.45, 7) is 1.49. The lowest BCUT2D eigenvalue weighted by atomic mass is 9.88. The van der Waals surface area contributed by atoms with E-state index >= 15 is 0 Å². The van der Waals surface area contributed by atoms with E-state index in [2.05, 4.69) is 20.9 Å². The number of aromatic amines is 1. The molecule has 1 amide bonds. The zero-order chi connectivity index (χ0) is 19.1. The summed E-state index contributed by atoms with van der Waals surface area (Å²) in [5.41, 5.74) is 3.92. The third-order valence-electron chi connectivity index (χ3n) is 5.17. The van der Waals surface area contributed by atoms with Crippen molar-refractivity contribution in [3.8, 4) is 0 Å². The molecule has 1 N–H and O–H groups in total. The predicted octanol–water partition coefficient (Wildman–Crippen LogP) is 3.97. The first-order valence-corrected chi connectivity index (χ1v) is 9.53. The first-order valence-electron chi connectivity index (χ1n) is 8.73. The summed E-state index contributed by atoms with van der Waals surface area (Å²) < 4.78 is 5.92. The molecule has 27 heavy (non-hydrogen) atoms. The second-order valence-electron chi connectivity index (χ2n) is 6.66. The van der Waals surface area contributed by atoms with Gasteiger partial charge in [0.1, 0.15) is 6.04 Å². The number of aromatic nitrogens is 1. The van der Waals surface area contributed by atoms with E-state index in [4.69, 9.17) is 4.74 Å². The van der Waals surface area contributed by atoms with E-state index in [0.29, 0.717) is 6.42 Å². The van der Waals surface area contributed by atoms with Crippen molar-refractivity contribution in [2.45, 2.75) is 25.4 Å². The van der Waals surface area contributed by atoms with Gasteiger partial charge in [-0.15, -0.1) is 0 Å². The molecule has 0 aliphatic carbocycles. The molecule has 1 aliphatic rings. The van der Waals surface area contributed by atoms with Crippen molar-refractivity contribution in [2.24, 2.45) is 0 Å². The molecule has 2 aromatic carbocycles. The van der Waals surface area contributed by atoms with E-state index in [1.165, 1.54) is 14.0 Å². The number of carbonyl (C=O) groups excluding carboxylic acids is 2. The SMILES string of the molecule is COC(=O)C1Cc2c([nH]c3ccccc23)C(c2ccccc2Br)N1C(C)=O.